The van der Waals surface area contributed by atoms with Gasteiger partial charge in [0.05, 0.1) is 22.9 Å². The van der Waals surface area contributed by atoms with Crippen LogP contribution in [0.15, 0.2) is 18.2 Å². The second kappa shape index (κ2) is 8.78. The van der Waals surface area contributed by atoms with Crippen LogP contribution in [0.4, 0.5) is 4.79 Å². The molecule has 0 aromatic heterocycles. The van der Waals surface area contributed by atoms with Crippen LogP contribution in [0.3, 0.4) is 0 Å². The smallest absolute Gasteiger partial charge is 0.410 e. The van der Waals surface area contributed by atoms with Crippen LogP contribution in [0.5, 0.6) is 0 Å². The molecule has 0 aliphatic carbocycles. The molecule has 9 heteroatoms. The molecule has 158 valence electrons. The third kappa shape index (κ3) is 6.51. The first-order valence-electron chi connectivity index (χ1n) is 9.09. The van der Waals surface area contributed by atoms with Crippen molar-refractivity contribution in [2.24, 2.45) is 0 Å². The zero-order chi connectivity index (χ0) is 21.2. The predicted molar refractivity (Wildman–Crippen MR) is 111 cm³/mol. The van der Waals surface area contributed by atoms with Gasteiger partial charge in [0.2, 0.25) is 0 Å². The van der Waals surface area contributed by atoms with E-state index in [0.29, 0.717) is 29.6 Å². The van der Waals surface area contributed by atoms with Gasteiger partial charge in [-0.05, 0) is 57.7 Å². The minimum atomic E-state index is -3.56. The molecule has 6 nitrogen and oxygen atoms in total. The molecule has 1 unspecified atom stereocenters. The first kappa shape index (κ1) is 23.3. The standard InChI is InChI=1S/C19H27Cl2NO5S/c1-18(2,3)27-17(23)22-10-5-8-19(13-22,9-11-26-28(4,24)25)14-6-7-15(20)16(21)12-14/h6-7,12H,5,8-11,13H2,1-4H3. The van der Waals surface area contributed by atoms with Gasteiger partial charge in [0, 0.05) is 18.5 Å². The summed E-state index contributed by atoms with van der Waals surface area (Å²) in [7, 11) is -3.56. The summed E-state index contributed by atoms with van der Waals surface area (Å²) in [6.07, 6.45) is 2.56. The number of amides is 1. The van der Waals surface area contributed by atoms with E-state index in [1.165, 1.54) is 0 Å². The molecule has 1 aliphatic rings. The Morgan fingerprint density at radius 1 is 1.25 bits per heavy atom. The highest BCUT2D eigenvalue weighted by Crippen LogP contribution is 2.40. The Hall–Kier alpha value is -1.02. The van der Waals surface area contributed by atoms with Crippen LogP contribution in [0.1, 0.15) is 45.6 Å². The highest BCUT2D eigenvalue weighted by Gasteiger charge is 2.40. The molecule has 28 heavy (non-hydrogen) atoms. The van der Waals surface area contributed by atoms with Crippen LogP contribution in [-0.2, 0) is 24.5 Å². The molecular weight excluding hydrogens is 425 g/mol. The molecule has 1 aromatic carbocycles. The normalized spacial score (nSPS) is 20.9. The maximum Gasteiger partial charge on any atom is 0.410 e. The average Bonchev–Trinajstić information content (AvgIpc) is 2.55. The quantitative estimate of drug-likeness (QED) is 0.610. The second-order valence-electron chi connectivity index (χ2n) is 8.19. The number of nitrogens with zero attached hydrogens (tertiary/aromatic N) is 1. The first-order chi connectivity index (χ1) is 12.8. The van der Waals surface area contributed by atoms with Gasteiger partial charge in [0.15, 0.2) is 0 Å². The molecule has 2 rings (SSSR count). The zero-order valence-corrected chi connectivity index (χ0v) is 19.0. The summed E-state index contributed by atoms with van der Waals surface area (Å²) < 4.78 is 33.3. The van der Waals surface area contributed by atoms with Gasteiger partial charge in [-0.25, -0.2) is 4.79 Å². The van der Waals surface area contributed by atoms with E-state index >= 15 is 0 Å². The fraction of sp³-hybridized carbons (Fsp3) is 0.632. The van der Waals surface area contributed by atoms with Gasteiger partial charge in [-0.3, -0.25) is 4.18 Å². The Kier molecular flexibility index (Phi) is 7.29. The second-order valence-corrected chi connectivity index (χ2v) is 10.6. The number of hydrogen-bond donors (Lipinski definition) is 0. The van der Waals surface area contributed by atoms with Crippen molar-refractivity contribution < 1.29 is 22.1 Å². The van der Waals surface area contributed by atoms with E-state index in [1.807, 2.05) is 26.8 Å². The molecule has 1 saturated heterocycles. The van der Waals surface area contributed by atoms with Gasteiger partial charge < -0.3 is 9.64 Å². The molecule has 1 heterocycles. The lowest BCUT2D eigenvalue weighted by atomic mass is 9.72. The number of hydrogen-bond acceptors (Lipinski definition) is 5. The maximum atomic E-state index is 12.6. The van der Waals surface area contributed by atoms with Crippen molar-refractivity contribution in [1.29, 1.82) is 0 Å². The molecule has 1 aromatic rings. The number of carbonyl (C=O) groups is 1. The van der Waals surface area contributed by atoms with Crippen molar-refractivity contribution in [1.82, 2.24) is 4.90 Å². The van der Waals surface area contributed by atoms with E-state index in [-0.39, 0.29) is 12.7 Å². The van der Waals surface area contributed by atoms with Gasteiger partial charge in [0.1, 0.15) is 5.60 Å². The predicted octanol–water partition coefficient (Wildman–Crippen LogP) is 4.63. The summed E-state index contributed by atoms with van der Waals surface area (Å²) >= 11 is 12.3. The summed E-state index contributed by atoms with van der Waals surface area (Å²) in [5.74, 6) is 0. The zero-order valence-electron chi connectivity index (χ0n) is 16.6. The topological polar surface area (TPSA) is 72.9 Å². The molecule has 1 aliphatic heterocycles. The highest BCUT2D eigenvalue weighted by molar-refractivity contribution is 7.85. The van der Waals surface area contributed by atoms with Gasteiger partial charge in [-0.2, -0.15) is 8.42 Å². The lowest BCUT2D eigenvalue weighted by Gasteiger charge is -2.43. The number of halogens is 2. The minimum absolute atomic E-state index is 0.0151. The highest BCUT2D eigenvalue weighted by atomic mass is 35.5. The third-order valence-electron chi connectivity index (χ3n) is 4.64. The van der Waals surface area contributed by atoms with Crippen LogP contribution in [-0.4, -0.2) is 51.0 Å². The van der Waals surface area contributed by atoms with Gasteiger partial charge in [-0.15, -0.1) is 0 Å². The lowest BCUT2D eigenvalue weighted by Crippen LogP contribution is -2.50. The van der Waals surface area contributed by atoms with Crippen LogP contribution in [0.25, 0.3) is 0 Å². The lowest BCUT2D eigenvalue weighted by molar-refractivity contribution is 0.0116. The van der Waals surface area contributed by atoms with Crippen molar-refractivity contribution >= 4 is 39.4 Å². The molecule has 0 radical (unpaired) electrons. The van der Waals surface area contributed by atoms with Gasteiger partial charge in [0.25, 0.3) is 10.1 Å². The van der Waals surface area contributed by atoms with Gasteiger partial charge in [-0.1, -0.05) is 29.3 Å². The van der Waals surface area contributed by atoms with E-state index in [4.69, 9.17) is 32.1 Å². The van der Waals surface area contributed by atoms with Crippen LogP contribution in [0, 0.1) is 0 Å². The Morgan fingerprint density at radius 2 is 1.93 bits per heavy atom. The van der Waals surface area contributed by atoms with Crippen LogP contribution < -0.4 is 0 Å². The Bertz CT molecular complexity index is 822. The molecular formula is C19H27Cl2NO5S. The number of piperidine rings is 1. The number of rotatable bonds is 5. The Balaban J connectivity index is 2.31. The largest absolute Gasteiger partial charge is 0.444 e. The van der Waals surface area contributed by atoms with Crippen molar-refractivity contribution in [3.05, 3.63) is 33.8 Å². The molecule has 0 bridgehead atoms. The monoisotopic (exact) mass is 451 g/mol. The summed E-state index contributed by atoms with van der Waals surface area (Å²) in [5.41, 5.74) is -0.207. The summed E-state index contributed by atoms with van der Waals surface area (Å²) in [6, 6.07) is 5.36. The Morgan fingerprint density at radius 3 is 2.50 bits per heavy atom. The van der Waals surface area contributed by atoms with E-state index < -0.39 is 21.1 Å². The average molecular weight is 452 g/mol. The van der Waals surface area contributed by atoms with Crippen molar-refractivity contribution in [2.75, 3.05) is 26.0 Å². The van der Waals surface area contributed by atoms with Crippen LogP contribution in [0.2, 0.25) is 10.0 Å². The summed E-state index contributed by atoms with van der Waals surface area (Å²) in [5, 5.41) is 0.852. The molecule has 1 fully saturated rings. The number of ether oxygens (including phenoxy) is 1. The molecule has 0 saturated carbocycles. The van der Waals surface area contributed by atoms with E-state index in [9.17, 15) is 13.2 Å². The van der Waals surface area contributed by atoms with E-state index in [0.717, 1.165) is 24.7 Å². The van der Waals surface area contributed by atoms with Crippen molar-refractivity contribution in [2.45, 2.75) is 51.0 Å². The Labute approximate surface area is 177 Å². The molecule has 1 atom stereocenters. The molecule has 1 amide bonds. The molecule has 0 N–H and O–H groups in total. The van der Waals surface area contributed by atoms with E-state index in [1.54, 1.807) is 17.0 Å². The number of carbonyl (C=O) groups excluding carboxylic acids is 1. The summed E-state index contributed by atoms with van der Waals surface area (Å²) in [4.78, 5) is 14.3. The van der Waals surface area contributed by atoms with Crippen LogP contribution >= 0.6 is 23.2 Å². The summed E-state index contributed by atoms with van der Waals surface area (Å²) in [6.45, 7) is 6.43. The number of benzene rings is 1. The first-order valence-corrected chi connectivity index (χ1v) is 11.7. The fourth-order valence-electron chi connectivity index (χ4n) is 3.41. The number of likely N-dealkylation sites (tertiary alicyclic amines) is 1. The van der Waals surface area contributed by atoms with Gasteiger partial charge >= 0.3 is 6.09 Å². The fourth-order valence-corrected chi connectivity index (χ4v) is 4.10. The van der Waals surface area contributed by atoms with Crippen molar-refractivity contribution in [3.8, 4) is 0 Å². The maximum absolute atomic E-state index is 12.6. The van der Waals surface area contributed by atoms with E-state index in [2.05, 4.69) is 0 Å². The SMILES string of the molecule is CC(C)(C)OC(=O)N1CCCC(CCOS(C)(=O)=O)(c2ccc(Cl)c(Cl)c2)C1. The van der Waals surface area contributed by atoms with Crippen molar-refractivity contribution in [3.63, 3.8) is 0 Å². The molecule has 0 spiro atoms. The minimum Gasteiger partial charge on any atom is -0.444 e. The third-order valence-corrected chi connectivity index (χ3v) is 5.97.